The average Bonchev–Trinajstić information content (AvgIpc) is 3.31. The van der Waals surface area contributed by atoms with Crippen LogP contribution in [0.2, 0.25) is 0 Å². The number of rotatable bonds is 14. The second kappa shape index (κ2) is 15.5. The molecule has 7 heteroatoms. The highest BCUT2D eigenvalue weighted by Gasteiger charge is 2.59. The van der Waals surface area contributed by atoms with Gasteiger partial charge in [0.15, 0.2) is 0 Å². The van der Waals surface area contributed by atoms with E-state index >= 15 is 0 Å². The Kier molecular flexibility index (Phi) is 12.7. The molecule has 3 saturated carbocycles. The molecule has 4 rings (SSSR count). The van der Waals surface area contributed by atoms with Crippen LogP contribution in [0.25, 0.3) is 0 Å². The van der Waals surface area contributed by atoms with E-state index in [0.717, 1.165) is 54.8 Å². The summed E-state index contributed by atoms with van der Waals surface area (Å²) in [6, 6.07) is 0.642. The first-order valence-electron chi connectivity index (χ1n) is 18.2. The monoisotopic (exact) mass is 634 g/mol. The van der Waals surface area contributed by atoms with Crippen LogP contribution in [0.5, 0.6) is 0 Å². The molecule has 5 unspecified atom stereocenters. The quantitative estimate of drug-likeness (QED) is 0.117. The Morgan fingerprint density at radius 3 is 2.39 bits per heavy atom. The fourth-order valence-electron chi connectivity index (χ4n) is 10.4. The highest BCUT2D eigenvalue weighted by Crippen LogP contribution is 2.67. The largest absolute Gasteiger partial charge is 0.446 e. The van der Waals surface area contributed by atoms with Gasteiger partial charge in [0.05, 0.1) is 6.61 Å². The summed E-state index contributed by atoms with van der Waals surface area (Å²) in [6.07, 6.45) is 16.3. The zero-order valence-electron chi connectivity index (χ0n) is 30.0. The third kappa shape index (κ3) is 7.88. The van der Waals surface area contributed by atoms with Crippen molar-refractivity contribution in [1.82, 2.24) is 9.99 Å². The van der Waals surface area contributed by atoms with Gasteiger partial charge in [0.2, 0.25) is 0 Å². The van der Waals surface area contributed by atoms with Crippen molar-refractivity contribution in [2.45, 2.75) is 151 Å². The normalized spacial score (nSPS) is 34.9. The molecular weight excluding hydrogens is 567 g/mol. The molecule has 3 fully saturated rings. The van der Waals surface area contributed by atoms with Crippen molar-refractivity contribution in [3.63, 3.8) is 0 Å². The standard InChI is InChI=1S/C37H67N2O4P/c1-25(2)12-11-13-28(7)32-16-17-33-31-15-14-29-24-30(18-20-36(29,8)34(31)19-21-37(32,33)9)43-35(40)38-22-23-42-44(41-10)39(26(3)4)27(5)6/h14,25-28,30-34H,11-13,15-24H2,1-10H3,(H,38,40)/t28-,30?,31?,32-,33?,34?,36+,37-,44?/m1/s1. The molecular formula is C37H67N2O4P. The number of nitrogens with one attached hydrogen (secondary N) is 1. The lowest BCUT2D eigenvalue weighted by atomic mass is 9.47. The first-order chi connectivity index (χ1) is 20.8. The molecule has 1 amide bonds. The number of nitrogens with zero attached hydrogens (tertiary/aromatic N) is 1. The van der Waals surface area contributed by atoms with Gasteiger partial charge in [-0.05, 0) is 119 Å². The fraction of sp³-hybridized carbons (Fsp3) is 0.919. The van der Waals surface area contributed by atoms with E-state index < -0.39 is 8.53 Å². The molecule has 44 heavy (non-hydrogen) atoms. The molecule has 0 bridgehead atoms. The Morgan fingerprint density at radius 1 is 1.00 bits per heavy atom. The van der Waals surface area contributed by atoms with Crippen molar-refractivity contribution in [2.24, 2.45) is 46.3 Å². The number of allylic oxidation sites excluding steroid dienone is 1. The van der Waals surface area contributed by atoms with Gasteiger partial charge in [-0.1, -0.05) is 65.5 Å². The van der Waals surface area contributed by atoms with Gasteiger partial charge in [0.25, 0.3) is 8.53 Å². The highest BCUT2D eigenvalue weighted by molar-refractivity contribution is 7.44. The molecule has 4 aliphatic rings. The van der Waals surface area contributed by atoms with Crippen LogP contribution in [0, 0.1) is 46.3 Å². The van der Waals surface area contributed by atoms with Gasteiger partial charge >= 0.3 is 6.09 Å². The summed E-state index contributed by atoms with van der Waals surface area (Å²) in [7, 11) is 0.538. The lowest BCUT2D eigenvalue weighted by Crippen LogP contribution is -2.51. The van der Waals surface area contributed by atoms with Crippen molar-refractivity contribution in [3.8, 4) is 0 Å². The third-order valence-corrected chi connectivity index (χ3v) is 14.5. The number of alkyl carbamates (subject to hydrolysis) is 1. The zero-order chi connectivity index (χ0) is 32.2. The number of fused-ring (bicyclic) bond motifs is 5. The Balaban J connectivity index is 1.27. The summed E-state index contributed by atoms with van der Waals surface area (Å²) in [6.45, 7) is 22.0. The minimum Gasteiger partial charge on any atom is -0.446 e. The molecule has 0 saturated heterocycles. The van der Waals surface area contributed by atoms with Crippen molar-refractivity contribution in [2.75, 3.05) is 20.3 Å². The summed E-state index contributed by atoms with van der Waals surface area (Å²) in [5, 5.41) is 2.92. The third-order valence-electron chi connectivity index (χ3n) is 12.5. The smallest absolute Gasteiger partial charge is 0.407 e. The number of hydrogen-bond acceptors (Lipinski definition) is 5. The molecule has 0 aromatic heterocycles. The molecule has 254 valence electrons. The lowest BCUT2D eigenvalue weighted by molar-refractivity contribution is -0.0581. The molecule has 0 aromatic rings. The summed E-state index contributed by atoms with van der Waals surface area (Å²) in [5.74, 6) is 5.07. The summed E-state index contributed by atoms with van der Waals surface area (Å²) in [4.78, 5) is 12.7. The molecule has 1 N–H and O–H groups in total. The van der Waals surface area contributed by atoms with Crippen molar-refractivity contribution >= 4 is 14.6 Å². The number of ether oxygens (including phenoxy) is 1. The topological polar surface area (TPSA) is 60.0 Å². The Hall–Kier alpha value is -0.680. The van der Waals surface area contributed by atoms with Crippen molar-refractivity contribution < 1.29 is 18.6 Å². The molecule has 4 aliphatic carbocycles. The van der Waals surface area contributed by atoms with Crippen LogP contribution >= 0.6 is 8.53 Å². The van der Waals surface area contributed by atoms with E-state index in [0.29, 0.717) is 30.7 Å². The number of carbonyl (C=O) groups excluding carboxylic acids is 1. The van der Waals surface area contributed by atoms with Gasteiger partial charge in [-0.2, -0.15) is 0 Å². The predicted octanol–water partition coefficient (Wildman–Crippen LogP) is 10.1. The van der Waals surface area contributed by atoms with Gasteiger partial charge in [-0.25, -0.2) is 9.46 Å². The fourth-order valence-corrected chi connectivity index (χ4v) is 11.8. The Labute approximate surface area is 272 Å². The van der Waals surface area contributed by atoms with Crippen LogP contribution in [0.4, 0.5) is 4.79 Å². The van der Waals surface area contributed by atoms with Crippen molar-refractivity contribution in [1.29, 1.82) is 0 Å². The van der Waals surface area contributed by atoms with Gasteiger partial charge in [-0.3, -0.25) is 0 Å². The van der Waals surface area contributed by atoms with E-state index in [4.69, 9.17) is 13.8 Å². The maximum atomic E-state index is 12.7. The SMILES string of the molecule is COP(OCCNC(=O)OC1CC[C@@]2(C)C(=CCC3C2CC[C@@]2(C)C3CC[C@@H]2[C@H](C)CCCC(C)C)C1)N(C(C)C)C(C)C. The van der Waals surface area contributed by atoms with Gasteiger partial charge < -0.3 is 19.1 Å². The first-order valence-corrected chi connectivity index (χ1v) is 19.3. The average molecular weight is 635 g/mol. The molecule has 0 aliphatic heterocycles. The van der Waals surface area contributed by atoms with E-state index in [1.165, 1.54) is 51.4 Å². The van der Waals surface area contributed by atoms with Crippen LogP contribution in [0.15, 0.2) is 11.6 Å². The number of amides is 1. The molecule has 0 aromatic carbocycles. The lowest BCUT2D eigenvalue weighted by Gasteiger charge is -2.58. The van der Waals surface area contributed by atoms with E-state index in [2.05, 4.69) is 78.4 Å². The zero-order valence-corrected chi connectivity index (χ0v) is 30.9. The van der Waals surface area contributed by atoms with Crippen LogP contribution in [-0.2, 0) is 13.8 Å². The van der Waals surface area contributed by atoms with E-state index in [1.807, 2.05) is 0 Å². The second-order valence-corrected chi connectivity index (χ2v) is 17.9. The number of carbonyl (C=O) groups is 1. The Morgan fingerprint density at radius 2 is 1.73 bits per heavy atom. The minimum atomic E-state index is -1.15. The molecule has 9 atom stereocenters. The van der Waals surface area contributed by atoms with E-state index in [1.54, 1.807) is 12.7 Å². The van der Waals surface area contributed by atoms with E-state index in [-0.39, 0.29) is 17.6 Å². The summed E-state index contributed by atoms with van der Waals surface area (Å²) < 4.78 is 19.9. The summed E-state index contributed by atoms with van der Waals surface area (Å²) in [5.41, 5.74) is 2.36. The van der Waals surface area contributed by atoms with Gasteiger partial charge in [0.1, 0.15) is 6.10 Å². The first kappa shape index (κ1) is 36.2. The van der Waals surface area contributed by atoms with Gasteiger partial charge in [-0.15, -0.1) is 0 Å². The Bertz CT molecular complexity index is 963. The van der Waals surface area contributed by atoms with Gasteiger partial charge in [0, 0.05) is 32.2 Å². The molecule has 0 heterocycles. The maximum absolute atomic E-state index is 12.7. The highest BCUT2D eigenvalue weighted by atomic mass is 31.2. The van der Waals surface area contributed by atoms with Crippen LogP contribution < -0.4 is 5.32 Å². The number of hydrogen-bond donors (Lipinski definition) is 1. The van der Waals surface area contributed by atoms with Crippen LogP contribution in [0.3, 0.4) is 0 Å². The molecule has 0 radical (unpaired) electrons. The predicted molar refractivity (Wildman–Crippen MR) is 183 cm³/mol. The van der Waals surface area contributed by atoms with Crippen LogP contribution in [-0.4, -0.2) is 49.2 Å². The second-order valence-electron chi connectivity index (χ2n) is 16.3. The maximum Gasteiger partial charge on any atom is 0.407 e. The molecule has 6 nitrogen and oxygen atoms in total. The van der Waals surface area contributed by atoms with Crippen LogP contribution in [0.1, 0.15) is 133 Å². The van der Waals surface area contributed by atoms with Crippen molar-refractivity contribution in [3.05, 3.63) is 11.6 Å². The van der Waals surface area contributed by atoms with E-state index in [9.17, 15) is 4.79 Å². The summed E-state index contributed by atoms with van der Waals surface area (Å²) >= 11 is 0. The minimum absolute atomic E-state index is 0.0309. The molecule has 0 spiro atoms.